The Kier molecular flexibility index (Phi) is 11.1. The summed E-state index contributed by atoms with van der Waals surface area (Å²) >= 11 is 1.82. The molecule has 0 fully saturated rings. The molecule has 19 heavy (non-hydrogen) atoms. The molecule has 0 aliphatic carbocycles. The van der Waals surface area contributed by atoms with Gasteiger partial charge in [-0.15, -0.1) is 35.7 Å². The quantitative estimate of drug-likeness (QED) is 0.246. The lowest BCUT2D eigenvalue weighted by molar-refractivity contribution is 0.596. The molecule has 3 nitrogen and oxygen atoms in total. The first kappa shape index (κ1) is 18.6. The summed E-state index contributed by atoms with van der Waals surface area (Å²) in [6, 6.07) is 10.4. The highest BCUT2D eigenvalue weighted by atomic mass is 127. The number of guanidine groups is 1. The SMILES string of the molecule is CC(C)CCN=C(N)NCCSc1ccccc1.I. The van der Waals surface area contributed by atoms with Gasteiger partial charge in [0, 0.05) is 23.7 Å². The van der Waals surface area contributed by atoms with Gasteiger partial charge in [-0.2, -0.15) is 0 Å². The van der Waals surface area contributed by atoms with E-state index in [2.05, 4.69) is 48.4 Å². The summed E-state index contributed by atoms with van der Waals surface area (Å²) in [5, 5.41) is 3.13. The van der Waals surface area contributed by atoms with Gasteiger partial charge >= 0.3 is 0 Å². The minimum absolute atomic E-state index is 0. The fraction of sp³-hybridized carbons (Fsp3) is 0.500. The van der Waals surface area contributed by atoms with Crippen LogP contribution in [0.5, 0.6) is 0 Å². The van der Waals surface area contributed by atoms with Crippen LogP contribution in [-0.4, -0.2) is 24.8 Å². The second kappa shape index (κ2) is 11.4. The van der Waals surface area contributed by atoms with Crippen LogP contribution in [0.1, 0.15) is 20.3 Å². The van der Waals surface area contributed by atoms with Crippen LogP contribution in [0.3, 0.4) is 0 Å². The molecule has 0 atom stereocenters. The molecular weight excluding hydrogens is 369 g/mol. The highest BCUT2D eigenvalue weighted by Crippen LogP contribution is 2.15. The maximum Gasteiger partial charge on any atom is 0.188 e. The minimum Gasteiger partial charge on any atom is -0.370 e. The Morgan fingerprint density at radius 2 is 2.00 bits per heavy atom. The molecule has 0 saturated heterocycles. The second-order valence-electron chi connectivity index (χ2n) is 4.54. The fourth-order valence-electron chi connectivity index (χ4n) is 1.36. The zero-order chi connectivity index (χ0) is 13.2. The number of hydrogen-bond acceptors (Lipinski definition) is 2. The molecule has 0 aromatic heterocycles. The van der Waals surface area contributed by atoms with Crippen molar-refractivity contribution in [2.24, 2.45) is 16.6 Å². The van der Waals surface area contributed by atoms with Crippen LogP contribution in [0.4, 0.5) is 0 Å². The van der Waals surface area contributed by atoms with Gasteiger partial charge in [0.25, 0.3) is 0 Å². The summed E-state index contributed by atoms with van der Waals surface area (Å²) in [5.74, 6) is 2.23. The zero-order valence-corrected chi connectivity index (χ0v) is 14.8. The summed E-state index contributed by atoms with van der Waals surface area (Å²) in [4.78, 5) is 5.57. The Bertz CT molecular complexity index is 355. The highest BCUT2D eigenvalue weighted by molar-refractivity contribution is 14.0. The van der Waals surface area contributed by atoms with Gasteiger partial charge in [0.2, 0.25) is 0 Å². The fourth-order valence-corrected chi connectivity index (χ4v) is 2.15. The predicted molar refractivity (Wildman–Crippen MR) is 96.5 cm³/mol. The third kappa shape index (κ3) is 10.1. The Morgan fingerprint density at radius 1 is 1.32 bits per heavy atom. The first-order valence-corrected chi connectivity index (χ1v) is 7.38. The third-order valence-electron chi connectivity index (χ3n) is 2.41. The normalized spacial score (nSPS) is 11.2. The van der Waals surface area contributed by atoms with Crippen molar-refractivity contribution < 1.29 is 0 Å². The number of nitrogens with one attached hydrogen (secondary N) is 1. The van der Waals surface area contributed by atoms with Gasteiger partial charge in [-0.3, -0.25) is 4.99 Å². The predicted octanol–water partition coefficient (Wildman–Crippen LogP) is 3.35. The van der Waals surface area contributed by atoms with E-state index in [1.54, 1.807) is 0 Å². The summed E-state index contributed by atoms with van der Waals surface area (Å²) in [6.45, 7) is 6.03. The average Bonchev–Trinajstić information content (AvgIpc) is 2.35. The van der Waals surface area contributed by atoms with E-state index < -0.39 is 0 Å². The molecular formula is C14H24IN3S. The molecule has 0 amide bonds. The molecule has 5 heteroatoms. The lowest BCUT2D eigenvalue weighted by atomic mass is 10.1. The molecule has 0 unspecified atom stereocenters. The number of nitrogens with two attached hydrogens (primary N) is 1. The van der Waals surface area contributed by atoms with Crippen LogP contribution in [0.2, 0.25) is 0 Å². The van der Waals surface area contributed by atoms with Crippen LogP contribution >= 0.6 is 35.7 Å². The molecule has 0 heterocycles. The van der Waals surface area contributed by atoms with E-state index in [0.717, 1.165) is 25.3 Å². The number of rotatable bonds is 7. The summed E-state index contributed by atoms with van der Waals surface area (Å²) in [6.07, 6.45) is 1.08. The van der Waals surface area contributed by atoms with E-state index in [0.29, 0.717) is 11.9 Å². The number of hydrogen-bond donors (Lipinski definition) is 2. The van der Waals surface area contributed by atoms with Crippen molar-refractivity contribution in [3.05, 3.63) is 30.3 Å². The topological polar surface area (TPSA) is 50.4 Å². The van der Waals surface area contributed by atoms with Crippen LogP contribution < -0.4 is 11.1 Å². The molecule has 1 aromatic rings. The van der Waals surface area contributed by atoms with Gasteiger partial charge in [-0.25, -0.2) is 0 Å². The highest BCUT2D eigenvalue weighted by Gasteiger charge is 1.95. The van der Waals surface area contributed by atoms with Gasteiger partial charge in [-0.1, -0.05) is 32.0 Å². The number of aliphatic imine (C=N–C) groups is 1. The smallest absolute Gasteiger partial charge is 0.188 e. The first-order valence-electron chi connectivity index (χ1n) is 6.40. The lowest BCUT2D eigenvalue weighted by Gasteiger charge is -2.06. The molecule has 0 radical (unpaired) electrons. The third-order valence-corrected chi connectivity index (χ3v) is 3.42. The molecule has 0 bridgehead atoms. The molecule has 1 aromatic carbocycles. The number of halogens is 1. The standard InChI is InChI=1S/C14H23N3S.HI/c1-12(2)8-9-16-14(15)17-10-11-18-13-6-4-3-5-7-13;/h3-7,12H,8-11H2,1-2H3,(H3,15,16,17);1H. The van der Waals surface area contributed by atoms with Gasteiger partial charge in [0.05, 0.1) is 0 Å². The van der Waals surface area contributed by atoms with Gasteiger partial charge in [0.15, 0.2) is 5.96 Å². The van der Waals surface area contributed by atoms with Gasteiger partial charge < -0.3 is 11.1 Å². The van der Waals surface area contributed by atoms with Crippen molar-refractivity contribution in [1.82, 2.24) is 5.32 Å². The average molecular weight is 393 g/mol. The van der Waals surface area contributed by atoms with Crippen molar-refractivity contribution in [2.45, 2.75) is 25.2 Å². The first-order chi connectivity index (χ1) is 8.68. The largest absolute Gasteiger partial charge is 0.370 e. The summed E-state index contributed by atoms with van der Waals surface area (Å²) < 4.78 is 0. The van der Waals surface area contributed by atoms with Crippen molar-refractivity contribution in [3.63, 3.8) is 0 Å². The maximum absolute atomic E-state index is 5.77. The van der Waals surface area contributed by atoms with E-state index in [9.17, 15) is 0 Å². The van der Waals surface area contributed by atoms with Crippen LogP contribution in [0, 0.1) is 5.92 Å². The molecule has 108 valence electrons. The Hall–Kier alpha value is -0.430. The lowest BCUT2D eigenvalue weighted by Crippen LogP contribution is -2.33. The molecule has 0 aliphatic heterocycles. The number of benzene rings is 1. The van der Waals surface area contributed by atoms with Gasteiger partial charge in [0.1, 0.15) is 0 Å². The Balaban J connectivity index is 0.00000324. The molecule has 3 N–H and O–H groups in total. The van der Waals surface area contributed by atoms with E-state index in [1.807, 2.05) is 17.8 Å². The van der Waals surface area contributed by atoms with E-state index in [4.69, 9.17) is 5.73 Å². The van der Waals surface area contributed by atoms with E-state index in [-0.39, 0.29) is 24.0 Å². The molecule has 0 aliphatic rings. The number of nitrogens with zero attached hydrogens (tertiary/aromatic N) is 1. The van der Waals surface area contributed by atoms with Gasteiger partial charge in [-0.05, 0) is 24.5 Å². The zero-order valence-electron chi connectivity index (χ0n) is 11.6. The second-order valence-corrected chi connectivity index (χ2v) is 5.71. The molecule has 0 saturated carbocycles. The summed E-state index contributed by atoms with van der Waals surface area (Å²) in [7, 11) is 0. The summed E-state index contributed by atoms with van der Waals surface area (Å²) in [5.41, 5.74) is 5.77. The van der Waals surface area contributed by atoms with Crippen molar-refractivity contribution in [2.75, 3.05) is 18.8 Å². The van der Waals surface area contributed by atoms with Crippen molar-refractivity contribution >= 4 is 41.7 Å². The van der Waals surface area contributed by atoms with Crippen LogP contribution in [0.25, 0.3) is 0 Å². The maximum atomic E-state index is 5.77. The Morgan fingerprint density at radius 3 is 2.63 bits per heavy atom. The molecule has 1 rings (SSSR count). The van der Waals surface area contributed by atoms with E-state index >= 15 is 0 Å². The van der Waals surface area contributed by atoms with Crippen molar-refractivity contribution in [3.8, 4) is 0 Å². The van der Waals surface area contributed by atoms with E-state index in [1.165, 1.54) is 4.90 Å². The number of thioether (sulfide) groups is 1. The minimum atomic E-state index is 0. The van der Waals surface area contributed by atoms with Crippen LogP contribution in [-0.2, 0) is 0 Å². The Labute approximate surface area is 137 Å². The molecule has 0 spiro atoms. The van der Waals surface area contributed by atoms with Crippen LogP contribution in [0.15, 0.2) is 40.2 Å². The monoisotopic (exact) mass is 393 g/mol. The van der Waals surface area contributed by atoms with Crippen molar-refractivity contribution in [1.29, 1.82) is 0 Å².